The van der Waals surface area contributed by atoms with Gasteiger partial charge < -0.3 is 5.32 Å². The van der Waals surface area contributed by atoms with E-state index >= 15 is 0 Å². The zero-order valence-corrected chi connectivity index (χ0v) is 12.5. The molecule has 1 aromatic heterocycles. The molecule has 1 heterocycles. The van der Waals surface area contributed by atoms with Crippen LogP contribution in [0.1, 0.15) is 17.4 Å². The standard InChI is InChI=1S/C14H16BrNS/c1-3-16-8-12-9-17-10(2)14(12)11-5-4-6-13(15)7-11/h4-7,9,16H,3,8H2,1-2H3. The highest BCUT2D eigenvalue weighted by Crippen LogP contribution is 2.33. The Morgan fingerprint density at radius 1 is 1.35 bits per heavy atom. The lowest BCUT2D eigenvalue weighted by Crippen LogP contribution is -2.11. The van der Waals surface area contributed by atoms with E-state index < -0.39 is 0 Å². The van der Waals surface area contributed by atoms with Crippen molar-refractivity contribution in [2.75, 3.05) is 6.54 Å². The molecule has 0 aliphatic rings. The topological polar surface area (TPSA) is 12.0 Å². The van der Waals surface area contributed by atoms with E-state index in [0.29, 0.717) is 0 Å². The van der Waals surface area contributed by atoms with E-state index in [-0.39, 0.29) is 0 Å². The number of nitrogens with one attached hydrogen (secondary N) is 1. The molecule has 2 aromatic rings. The fourth-order valence-corrected chi connectivity index (χ4v) is 3.21. The number of benzene rings is 1. The maximum absolute atomic E-state index is 3.54. The fraction of sp³-hybridized carbons (Fsp3) is 0.286. The van der Waals surface area contributed by atoms with Crippen LogP contribution in [0.15, 0.2) is 34.1 Å². The first-order valence-corrected chi connectivity index (χ1v) is 7.43. The molecule has 0 bridgehead atoms. The summed E-state index contributed by atoms with van der Waals surface area (Å²) < 4.78 is 1.13. The first-order valence-electron chi connectivity index (χ1n) is 5.76. The molecule has 0 aliphatic heterocycles. The van der Waals surface area contributed by atoms with Crippen molar-refractivity contribution < 1.29 is 0 Å². The molecule has 0 spiro atoms. The number of rotatable bonds is 4. The normalized spacial score (nSPS) is 10.8. The van der Waals surface area contributed by atoms with Crippen LogP contribution >= 0.6 is 27.3 Å². The lowest BCUT2D eigenvalue weighted by Gasteiger charge is -2.07. The van der Waals surface area contributed by atoms with Gasteiger partial charge in [0.2, 0.25) is 0 Å². The van der Waals surface area contributed by atoms with Gasteiger partial charge in [-0.2, -0.15) is 0 Å². The second kappa shape index (κ2) is 5.80. The maximum atomic E-state index is 3.54. The fourth-order valence-electron chi connectivity index (χ4n) is 1.93. The quantitative estimate of drug-likeness (QED) is 0.870. The Bertz CT molecular complexity index is 505. The highest BCUT2D eigenvalue weighted by atomic mass is 79.9. The third-order valence-corrected chi connectivity index (χ3v) is 4.18. The van der Waals surface area contributed by atoms with Gasteiger partial charge in [0.1, 0.15) is 0 Å². The number of thiophene rings is 1. The summed E-state index contributed by atoms with van der Waals surface area (Å²) in [7, 11) is 0. The predicted molar refractivity (Wildman–Crippen MR) is 79.6 cm³/mol. The molecule has 1 aromatic carbocycles. The first kappa shape index (κ1) is 12.8. The minimum absolute atomic E-state index is 0.947. The van der Waals surface area contributed by atoms with Crippen molar-refractivity contribution in [3.8, 4) is 11.1 Å². The van der Waals surface area contributed by atoms with Crippen LogP contribution in [0.25, 0.3) is 11.1 Å². The summed E-state index contributed by atoms with van der Waals surface area (Å²) in [5.41, 5.74) is 4.08. The molecule has 1 N–H and O–H groups in total. The Hall–Kier alpha value is -0.640. The zero-order chi connectivity index (χ0) is 12.3. The molecule has 2 rings (SSSR count). The van der Waals surface area contributed by atoms with Crippen molar-refractivity contribution in [2.24, 2.45) is 0 Å². The van der Waals surface area contributed by atoms with Crippen LogP contribution in [-0.2, 0) is 6.54 Å². The molecule has 0 aliphatic carbocycles. The molecule has 0 amide bonds. The van der Waals surface area contributed by atoms with Gasteiger partial charge in [-0.05, 0) is 47.7 Å². The summed E-state index contributed by atoms with van der Waals surface area (Å²) in [6, 6.07) is 8.52. The van der Waals surface area contributed by atoms with E-state index in [1.54, 1.807) is 0 Å². The minimum Gasteiger partial charge on any atom is -0.313 e. The molecular weight excluding hydrogens is 294 g/mol. The van der Waals surface area contributed by atoms with Crippen LogP contribution in [0.5, 0.6) is 0 Å². The van der Waals surface area contributed by atoms with Gasteiger partial charge in [-0.1, -0.05) is 35.0 Å². The van der Waals surface area contributed by atoms with Crippen molar-refractivity contribution in [1.82, 2.24) is 5.32 Å². The van der Waals surface area contributed by atoms with Gasteiger partial charge in [0.05, 0.1) is 0 Å². The SMILES string of the molecule is CCNCc1csc(C)c1-c1cccc(Br)c1. The molecule has 0 atom stereocenters. The van der Waals surface area contributed by atoms with Crippen LogP contribution in [0.2, 0.25) is 0 Å². The average molecular weight is 310 g/mol. The molecule has 90 valence electrons. The minimum atomic E-state index is 0.947. The molecule has 0 fully saturated rings. The van der Waals surface area contributed by atoms with Gasteiger partial charge in [-0.15, -0.1) is 11.3 Å². The van der Waals surface area contributed by atoms with E-state index in [9.17, 15) is 0 Å². The highest BCUT2D eigenvalue weighted by Gasteiger charge is 2.10. The lowest BCUT2D eigenvalue weighted by molar-refractivity contribution is 0.729. The maximum Gasteiger partial charge on any atom is 0.0219 e. The summed E-state index contributed by atoms with van der Waals surface area (Å²) in [6.07, 6.45) is 0. The second-order valence-corrected chi connectivity index (χ2v) is 5.98. The zero-order valence-electron chi connectivity index (χ0n) is 10.1. The molecule has 17 heavy (non-hydrogen) atoms. The van der Waals surface area contributed by atoms with Crippen molar-refractivity contribution in [3.63, 3.8) is 0 Å². The Morgan fingerprint density at radius 3 is 2.88 bits per heavy atom. The number of halogens is 1. The molecule has 0 radical (unpaired) electrons. The summed E-state index contributed by atoms with van der Waals surface area (Å²) >= 11 is 5.36. The monoisotopic (exact) mass is 309 g/mol. The first-order chi connectivity index (χ1) is 8.22. The van der Waals surface area contributed by atoms with Gasteiger partial charge in [0.15, 0.2) is 0 Å². The van der Waals surface area contributed by atoms with E-state index in [0.717, 1.165) is 17.6 Å². The van der Waals surface area contributed by atoms with E-state index in [2.05, 4.69) is 64.7 Å². The molecule has 0 unspecified atom stereocenters. The molecule has 3 heteroatoms. The van der Waals surface area contributed by atoms with E-state index in [1.807, 2.05) is 11.3 Å². The Balaban J connectivity index is 2.39. The Kier molecular flexibility index (Phi) is 4.37. The second-order valence-electron chi connectivity index (χ2n) is 3.98. The van der Waals surface area contributed by atoms with Crippen LogP contribution in [-0.4, -0.2) is 6.54 Å². The summed E-state index contributed by atoms with van der Waals surface area (Å²) in [5.74, 6) is 0. The molecule has 0 saturated heterocycles. The summed E-state index contributed by atoms with van der Waals surface area (Å²) in [4.78, 5) is 1.39. The lowest BCUT2D eigenvalue weighted by atomic mass is 10.0. The number of hydrogen-bond acceptors (Lipinski definition) is 2. The molecule has 1 nitrogen and oxygen atoms in total. The Labute approximate surface area is 115 Å². The van der Waals surface area contributed by atoms with Crippen LogP contribution in [0.4, 0.5) is 0 Å². The average Bonchev–Trinajstić information content (AvgIpc) is 2.68. The molecule has 0 saturated carbocycles. The van der Waals surface area contributed by atoms with Crippen molar-refractivity contribution in [1.29, 1.82) is 0 Å². The van der Waals surface area contributed by atoms with Crippen molar-refractivity contribution in [2.45, 2.75) is 20.4 Å². The van der Waals surface area contributed by atoms with Crippen molar-refractivity contribution >= 4 is 27.3 Å². The van der Waals surface area contributed by atoms with Gasteiger partial charge in [0, 0.05) is 15.9 Å². The van der Waals surface area contributed by atoms with Gasteiger partial charge in [-0.25, -0.2) is 0 Å². The van der Waals surface area contributed by atoms with Crippen LogP contribution < -0.4 is 5.32 Å². The number of aryl methyl sites for hydroxylation is 1. The third kappa shape index (κ3) is 2.97. The summed E-state index contributed by atoms with van der Waals surface area (Å²) in [5, 5.41) is 5.66. The largest absolute Gasteiger partial charge is 0.313 e. The van der Waals surface area contributed by atoms with E-state index in [4.69, 9.17) is 0 Å². The Morgan fingerprint density at radius 2 is 2.18 bits per heavy atom. The molecular formula is C14H16BrNS. The van der Waals surface area contributed by atoms with Gasteiger partial charge >= 0.3 is 0 Å². The summed E-state index contributed by atoms with van der Waals surface area (Å²) in [6.45, 7) is 6.28. The number of hydrogen-bond donors (Lipinski definition) is 1. The highest BCUT2D eigenvalue weighted by molar-refractivity contribution is 9.10. The van der Waals surface area contributed by atoms with Crippen molar-refractivity contribution in [3.05, 3.63) is 44.6 Å². The van der Waals surface area contributed by atoms with Crippen LogP contribution in [0.3, 0.4) is 0 Å². The smallest absolute Gasteiger partial charge is 0.0219 e. The van der Waals surface area contributed by atoms with Gasteiger partial charge in [0.25, 0.3) is 0 Å². The van der Waals surface area contributed by atoms with Crippen LogP contribution in [0, 0.1) is 6.92 Å². The third-order valence-electron chi connectivity index (χ3n) is 2.73. The predicted octanol–water partition coefficient (Wildman–Crippen LogP) is 4.60. The van der Waals surface area contributed by atoms with Gasteiger partial charge in [-0.3, -0.25) is 0 Å². The van der Waals surface area contributed by atoms with E-state index in [1.165, 1.54) is 21.6 Å².